The lowest BCUT2D eigenvalue weighted by Crippen LogP contribution is -2.08. The van der Waals surface area contributed by atoms with Gasteiger partial charge in [-0.1, -0.05) is 0 Å². The average molecular weight is 187 g/mol. The Hall–Kier alpha value is -1.23. The van der Waals surface area contributed by atoms with Crippen LogP contribution in [0.4, 0.5) is 14.5 Å². The molecule has 1 rings (SSSR count). The Morgan fingerprint density at radius 1 is 1.54 bits per heavy atom. The largest absolute Gasteiger partial charge is 0.397 e. The second-order valence-corrected chi connectivity index (χ2v) is 2.70. The van der Waals surface area contributed by atoms with Crippen molar-refractivity contribution < 1.29 is 8.78 Å². The van der Waals surface area contributed by atoms with Crippen LogP contribution >= 0.6 is 0 Å². The van der Waals surface area contributed by atoms with E-state index in [9.17, 15) is 8.78 Å². The Bertz CT molecular complexity index is 313. The Kier molecular flexibility index (Phi) is 2.77. The summed E-state index contributed by atoms with van der Waals surface area (Å²) in [5, 5.41) is 0. The van der Waals surface area contributed by atoms with Crippen molar-refractivity contribution in [2.75, 3.05) is 5.73 Å². The van der Waals surface area contributed by atoms with Gasteiger partial charge in [-0.3, -0.25) is 4.98 Å². The molecule has 0 aliphatic rings. The molecule has 1 aromatic heterocycles. The first kappa shape index (κ1) is 9.85. The van der Waals surface area contributed by atoms with Gasteiger partial charge in [-0.15, -0.1) is 0 Å². The van der Waals surface area contributed by atoms with Gasteiger partial charge in [0, 0.05) is 12.1 Å². The lowest BCUT2D eigenvalue weighted by Gasteiger charge is -2.10. The van der Waals surface area contributed by atoms with E-state index >= 15 is 0 Å². The summed E-state index contributed by atoms with van der Waals surface area (Å²) in [6, 6.07) is 0. The van der Waals surface area contributed by atoms with E-state index in [0.29, 0.717) is 5.56 Å². The molecule has 5 heteroatoms. The summed E-state index contributed by atoms with van der Waals surface area (Å²) in [5.41, 5.74) is 11.4. The van der Waals surface area contributed by atoms with Crippen molar-refractivity contribution in [3.05, 3.63) is 23.0 Å². The fourth-order valence-corrected chi connectivity index (χ4v) is 1.14. The third-order valence-corrected chi connectivity index (χ3v) is 1.92. The molecule has 0 atom stereocenters. The summed E-state index contributed by atoms with van der Waals surface area (Å²) in [4.78, 5) is 3.75. The maximum atomic E-state index is 12.5. The minimum atomic E-state index is -2.57. The molecular weight excluding hydrogens is 176 g/mol. The van der Waals surface area contributed by atoms with Gasteiger partial charge in [0.25, 0.3) is 6.43 Å². The molecule has 3 nitrogen and oxygen atoms in total. The number of nitrogens with two attached hydrogens (primary N) is 2. The molecule has 0 amide bonds. The maximum Gasteiger partial charge on any atom is 0.265 e. The zero-order valence-corrected chi connectivity index (χ0v) is 7.22. The predicted octanol–water partition coefficient (Wildman–Crippen LogP) is 1.37. The van der Waals surface area contributed by atoms with Crippen molar-refractivity contribution in [2.24, 2.45) is 5.73 Å². The van der Waals surface area contributed by atoms with E-state index in [2.05, 4.69) is 4.98 Å². The zero-order chi connectivity index (χ0) is 10.0. The van der Waals surface area contributed by atoms with Crippen molar-refractivity contribution in [1.82, 2.24) is 4.98 Å². The SMILES string of the molecule is Cc1c(N)cnc(CN)c1C(F)F. The molecule has 0 aromatic carbocycles. The van der Waals surface area contributed by atoms with Crippen molar-refractivity contribution in [2.45, 2.75) is 19.9 Å². The summed E-state index contributed by atoms with van der Waals surface area (Å²) in [5.74, 6) is 0. The third-order valence-electron chi connectivity index (χ3n) is 1.92. The lowest BCUT2D eigenvalue weighted by atomic mass is 10.1. The van der Waals surface area contributed by atoms with Crippen LogP contribution < -0.4 is 11.5 Å². The molecule has 0 saturated heterocycles. The molecule has 0 fully saturated rings. The summed E-state index contributed by atoms with van der Waals surface area (Å²) in [6.07, 6.45) is -1.22. The first-order valence-electron chi connectivity index (χ1n) is 3.80. The number of anilines is 1. The van der Waals surface area contributed by atoms with Gasteiger partial charge in [-0.2, -0.15) is 0 Å². The molecule has 0 aliphatic heterocycles. The van der Waals surface area contributed by atoms with Gasteiger partial charge in [0.05, 0.1) is 17.6 Å². The Balaban J connectivity index is 3.32. The van der Waals surface area contributed by atoms with Crippen molar-refractivity contribution in [3.8, 4) is 0 Å². The fourth-order valence-electron chi connectivity index (χ4n) is 1.14. The van der Waals surface area contributed by atoms with E-state index < -0.39 is 6.43 Å². The minimum Gasteiger partial charge on any atom is -0.397 e. The number of pyridine rings is 1. The molecule has 0 aliphatic carbocycles. The van der Waals surface area contributed by atoms with Crippen LogP contribution in [0.1, 0.15) is 23.2 Å². The molecule has 4 N–H and O–H groups in total. The maximum absolute atomic E-state index is 12.5. The number of hydrogen-bond acceptors (Lipinski definition) is 3. The highest BCUT2D eigenvalue weighted by atomic mass is 19.3. The number of nitrogens with zero attached hydrogens (tertiary/aromatic N) is 1. The van der Waals surface area contributed by atoms with Gasteiger partial charge >= 0.3 is 0 Å². The topological polar surface area (TPSA) is 64.9 Å². The van der Waals surface area contributed by atoms with Crippen LogP contribution in [0.2, 0.25) is 0 Å². The van der Waals surface area contributed by atoms with E-state index in [0.717, 1.165) is 0 Å². The standard InChI is InChI=1S/C8H11F2N3/c1-4-5(12)3-13-6(2-11)7(4)8(9)10/h3,8H,2,11-12H2,1H3. The number of hydrogen-bond donors (Lipinski definition) is 2. The average Bonchev–Trinajstić information content (AvgIpc) is 2.08. The molecular formula is C8H11F2N3. The monoisotopic (exact) mass is 187 g/mol. The highest BCUT2D eigenvalue weighted by Gasteiger charge is 2.17. The highest BCUT2D eigenvalue weighted by molar-refractivity contribution is 5.50. The van der Waals surface area contributed by atoms with Crippen LogP contribution in [0.3, 0.4) is 0 Å². The normalized spacial score (nSPS) is 10.8. The van der Waals surface area contributed by atoms with Crippen LogP contribution in [-0.4, -0.2) is 4.98 Å². The number of nitrogen functional groups attached to an aromatic ring is 1. The fraction of sp³-hybridized carbons (Fsp3) is 0.375. The predicted molar refractivity (Wildman–Crippen MR) is 46.2 cm³/mol. The molecule has 0 unspecified atom stereocenters. The highest BCUT2D eigenvalue weighted by Crippen LogP contribution is 2.27. The second kappa shape index (κ2) is 3.66. The third kappa shape index (κ3) is 1.75. The Morgan fingerprint density at radius 2 is 2.15 bits per heavy atom. The van der Waals surface area contributed by atoms with Crippen LogP contribution in [0, 0.1) is 6.92 Å². The summed E-state index contributed by atoms with van der Waals surface area (Å²) < 4.78 is 25.0. The molecule has 0 spiro atoms. The summed E-state index contributed by atoms with van der Waals surface area (Å²) in [7, 11) is 0. The van der Waals surface area contributed by atoms with E-state index in [1.54, 1.807) is 0 Å². The van der Waals surface area contributed by atoms with Crippen LogP contribution in [0.5, 0.6) is 0 Å². The zero-order valence-electron chi connectivity index (χ0n) is 7.22. The van der Waals surface area contributed by atoms with Gasteiger partial charge < -0.3 is 11.5 Å². The quantitative estimate of drug-likeness (QED) is 0.734. The van der Waals surface area contributed by atoms with E-state index in [1.165, 1.54) is 13.1 Å². The van der Waals surface area contributed by atoms with E-state index in [-0.39, 0.29) is 23.5 Å². The molecule has 72 valence electrons. The number of alkyl halides is 2. The van der Waals surface area contributed by atoms with Crippen LogP contribution in [0.15, 0.2) is 6.20 Å². The van der Waals surface area contributed by atoms with Crippen molar-refractivity contribution in [1.29, 1.82) is 0 Å². The van der Waals surface area contributed by atoms with Gasteiger partial charge in [0.1, 0.15) is 0 Å². The van der Waals surface area contributed by atoms with E-state index in [4.69, 9.17) is 11.5 Å². The molecule has 0 radical (unpaired) electrons. The molecule has 1 aromatic rings. The summed E-state index contributed by atoms with van der Waals surface area (Å²) in [6.45, 7) is 1.54. The lowest BCUT2D eigenvalue weighted by molar-refractivity contribution is 0.149. The Labute approximate surface area is 74.8 Å². The van der Waals surface area contributed by atoms with Crippen molar-refractivity contribution in [3.63, 3.8) is 0 Å². The van der Waals surface area contributed by atoms with Gasteiger partial charge in [-0.25, -0.2) is 8.78 Å². The number of rotatable bonds is 2. The van der Waals surface area contributed by atoms with Crippen molar-refractivity contribution >= 4 is 5.69 Å². The summed E-state index contributed by atoms with van der Waals surface area (Å²) >= 11 is 0. The van der Waals surface area contributed by atoms with Gasteiger partial charge in [0.2, 0.25) is 0 Å². The van der Waals surface area contributed by atoms with Crippen LogP contribution in [0.25, 0.3) is 0 Å². The van der Waals surface area contributed by atoms with E-state index in [1.807, 2.05) is 0 Å². The molecule has 13 heavy (non-hydrogen) atoms. The second-order valence-electron chi connectivity index (χ2n) is 2.70. The van der Waals surface area contributed by atoms with Gasteiger partial charge in [0.15, 0.2) is 0 Å². The smallest absolute Gasteiger partial charge is 0.265 e. The Morgan fingerprint density at radius 3 is 2.62 bits per heavy atom. The van der Waals surface area contributed by atoms with Crippen LogP contribution in [-0.2, 0) is 6.54 Å². The first-order chi connectivity index (χ1) is 6.07. The number of halogens is 2. The minimum absolute atomic E-state index is 0.000787. The molecule has 1 heterocycles. The number of aromatic nitrogens is 1. The molecule has 0 bridgehead atoms. The molecule has 0 saturated carbocycles. The van der Waals surface area contributed by atoms with Gasteiger partial charge in [-0.05, 0) is 12.5 Å². The first-order valence-corrected chi connectivity index (χ1v) is 3.80.